The van der Waals surface area contributed by atoms with Crippen molar-refractivity contribution < 1.29 is 24.2 Å². The highest BCUT2D eigenvalue weighted by atomic mass is 16.6. The summed E-state index contributed by atoms with van der Waals surface area (Å²) in [5, 5.41) is 13.5. The van der Waals surface area contributed by atoms with Crippen LogP contribution in [-0.4, -0.2) is 74.9 Å². The van der Waals surface area contributed by atoms with Crippen molar-refractivity contribution in [3.8, 4) is 5.75 Å². The highest BCUT2D eigenvalue weighted by Gasteiger charge is 2.30. The number of carboxylic acids is 1. The lowest BCUT2D eigenvalue weighted by atomic mass is 10.1. The highest BCUT2D eigenvalue weighted by Crippen LogP contribution is 2.30. The number of nitrogens with one attached hydrogen (secondary N) is 1. The highest BCUT2D eigenvalue weighted by molar-refractivity contribution is 5.95. The largest absolute Gasteiger partial charge is 0.480 e. The molecule has 1 saturated heterocycles. The molecular weight excluding hydrogens is 586 g/mol. The van der Waals surface area contributed by atoms with Gasteiger partial charge in [-0.2, -0.15) is 4.98 Å². The van der Waals surface area contributed by atoms with E-state index in [9.17, 15) is 19.5 Å². The fourth-order valence-corrected chi connectivity index (χ4v) is 5.33. The Balaban J connectivity index is 1.44. The Labute approximate surface area is 268 Å². The van der Waals surface area contributed by atoms with Crippen molar-refractivity contribution in [2.24, 2.45) is 0 Å². The second-order valence-electron chi connectivity index (χ2n) is 11.0. The standard InChI is InChI=1S/C34H39N7O5/c1-3-38(4-2)32-35-23-29(41(24-26-12-6-5-7-13-26)33(44)39-18-8-9-19-39)30(37-32)36-28(31(42)43)22-25-14-16-27(17-15-25)46-34(45)40-20-10-11-21-40/h5-7,10-17,20-21,23,28H,3-4,8-9,18-19,22,24H2,1-2H3,(H,42,43)(H,35,36,37)/t28-/m0/s1. The molecule has 2 aromatic heterocycles. The van der Waals surface area contributed by atoms with Gasteiger partial charge in [0.15, 0.2) is 5.82 Å². The topological polar surface area (TPSA) is 133 Å². The fourth-order valence-electron chi connectivity index (χ4n) is 5.33. The van der Waals surface area contributed by atoms with Gasteiger partial charge in [0.05, 0.1) is 12.7 Å². The number of aliphatic carboxylic acids is 1. The third-order valence-electron chi connectivity index (χ3n) is 7.88. The van der Waals surface area contributed by atoms with Gasteiger partial charge in [-0.15, -0.1) is 0 Å². The normalized spacial score (nSPS) is 13.2. The number of benzene rings is 2. The Kier molecular flexibility index (Phi) is 10.5. The van der Waals surface area contributed by atoms with Crippen LogP contribution in [0.3, 0.4) is 0 Å². The Morgan fingerprint density at radius 1 is 0.935 bits per heavy atom. The van der Waals surface area contributed by atoms with Crippen molar-refractivity contribution >= 4 is 35.5 Å². The SMILES string of the molecule is CCN(CC)c1ncc(N(Cc2ccccc2)C(=O)N2CCCC2)c(N[C@@H](Cc2ccc(OC(=O)n3cccc3)cc2)C(=O)O)n1. The maximum atomic E-state index is 13.9. The van der Waals surface area contributed by atoms with Crippen molar-refractivity contribution in [3.63, 3.8) is 0 Å². The third kappa shape index (κ3) is 7.81. The first-order chi connectivity index (χ1) is 22.4. The van der Waals surface area contributed by atoms with Gasteiger partial charge < -0.3 is 25.0 Å². The average molecular weight is 626 g/mol. The molecule has 2 N–H and O–H groups in total. The summed E-state index contributed by atoms with van der Waals surface area (Å²) in [6, 6.07) is 18.5. The van der Waals surface area contributed by atoms with E-state index in [0.29, 0.717) is 49.1 Å². The number of hydrogen-bond acceptors (Lipinski definition) is 8. The number of aromatic nitrogens is 3. The van der Waals surface area contributed by atoms with Crippen LogP contribution in [0.5, 0.6) is 5.75 Å². The molecule has 1 aliphatic heterocycles. The summed E-state index contributed by atoms with van der Waals surface area (Å²) in [7, 11) is 0. The summed E-state index contributed by atoms with van der Waals surface area (Å²) >= 11 is 0. The second kappa shape index (κ2) is 15.1. The van der Waals surface area contributed by atoms with Gasteiger partial charge in [0.25, 0.3) is 0 Å². The Morgan fingerprint density at radius 3 is 2.24 bits per heavy atom. The molecule has 46 heavy (non-hydrogen) atoms. The van der Waals surface area contributed by atoms with Crippen LogP contribution in [0, 0.1) is 0 Å². The molecule has 12 heteroatoms. The van der Waals surface area contributed by atoms with E-state index in [1.807, 2.05) is 54.0 Å². The molecule has 0 aliphatic carbocycles. The summed E-state index contributed by atoms with van der Waals surface area (Å²) < 4.78 is 6.72. The van der Waals surface area contributed by atoms with E-state index in [0.717, 1.165) is 18.4 Å². The Bertz CT molecular complexity index is 1600. The van der Waals surface area contributed by atoms with E-state index in [1.54, 1.807) is 59.9 Å². The van der Waals surface area contributed by atoms with Crippen molar-refractivity contribution in [3.05, 3.63) is 96.4 Å². The molecule has 1 atom stereocenters. The van der Waals surface area contributed by atoms with Crippen LogP contribution in [0.2, 0.25) is 0 Å². The summed E-state index contributed by atoms with van der Waals surface area (Å²) in [4.78, 5) is 53.6. The van der Waals surface area contributed by atoms with Crippen LogP contribution in [-0.2, 0) is 17.8 Å². The zero-order valence-electron chi connectivity index (χ0n) is 26.1. The zero-order chi connectivity index (χ0) is 32.5. The van der Waals surface area contributed by atoms with Gasteiger partial charge in [-0.25, -0.2) is 19.4 Å². The molecule has 0 radical (unpaired) electrons. The minimum atomic E-state index is -1.09. The van der Waals surface area contributed by atoms with Crippen molar-refractivity contribution in [2.75, 3.05) is 41.3 Å². The Hall–Kier alpha value is -5.39. The van der Waals surface area contributed by atoms with E-state index < -0.39 is 18.1 Å². The smallest absolute Gasteiger partial charge is 0.423 e. The minimum Gasteiger partial charge on any atom is -0.480 e. The van der Waals surface area contributed by atoms with Gasteiger partial charge in [0.2, 0.25) is 5.95 Å². The number of hydrogen-bond donors (Lipinski definition) is 2. The molecule has 12 nitrogen and oxygen atoms in total. The molecule has 2 aromatic carbocycles. The number of carboxylic acid groups (broad SMARTS) is 1. The van der Waals surface area contributed by atoms with Crippen molar-refractivity contribution in [2.45, 2.75) is 45.7 Å². The molecule has 0 saturated carbocycles. The van der Waals surface area contributed by atoms with Gasteiger partial charge in [-0.1, -0.05) is 42.5 Å². The molecular formula is C34H39N7O5. The maximum absolute atomic E-state index is 13.9. The zero-order valence-corrected chi connectivity index (χ0v) is 26.1. The first-order valence-corrected chi connectivity index (χ1v) is 15.5. The molecule has 3 heterocycles. The van der Waals surface area contributed by atoms with Gasteiger partial charge >= 0.3 is 18.1 Å². The van der Waals surface area contributed by atoms with Crippen LogP contribution in [0.15, 0.2) is 85.3 Å². The number of carbonyl (C=O) groups excluding carboxylic acids is 2. The number of urea groups is 1. The Morgan fingerprint density at radius 2 is 1.61 bits per heavy atom. The van der Waals surface area contributed by atoms with Crippen LogP contribution in [0.4, 0.5) is 27.0 Å². The quantitative estimate of drug-likeness (QED) is 0.209. The lowest BCUT2D eigenvalue weighted by Crippen LogP contribution is -2.42. The van der Waals surface area contributed by atoms with Gasteiger partial charge in [-0.05, 0) is 62.1 Å². The molecule has 240 valence electrons. The number of nitrogens with zero attached hydrogens (tertiary/aromatic N) is 6. The predicted octanol–water partition coefficient (Wildman–Crippen LogP) is 5.50. The monoisotopic (exact) mass is 625 g/mol. The summed E-state index contributed by atoms with van der Waals surface area (Å²) in [6.07, 6.45) is 6.19. The first-order valence-electron chi connectivity index (χ1n) is 15.5. The predicted molar refractivity (Wildman–Crippen MR) is 175 cm³/mol. The molecule has 4 aromatic rings. The summed E-state index contributed by atoms with van der Waals surface area (Å²) in [5.74, 6) is -0.0636. The molecule has 5 rings (SSSR count). The van der Waals surface area contributed by atoms with Crippen molar-refractivity contribution in [1.29, 1.82) is 0 Å². The number of rotatable bonds is 12. The average Bonchev–Trinajstić information content (AvgIpc) is 3.81. The van der Waals surface area contributed by atoms with E-state index in [2.05, 4.69) is 10.3 Å². The van der Waals surface area contributed by atoms with E-state index in [4.69, 9.17) is 9.72 Å². The van der Waals surface area contributed by atoms with Crippen LogP contribution in [0.1, 0.15) is 37.8 Å². The maximum Gasteiger partial charge on any atom is 0.423 e. The third-order valence-corrected chi connectivity index (χ3v) is 7.88. The second-order valence-corrected chi connectivity index (χ2v) is 11.0. The number of amides is 2. The summed E-state index contributed by atoms with van der Waals surface area (Å²) in [6.45, 7) is 6.86. The molecule has 0 spiro atoms. The number of ether oxygens (including phenoxy) is 1. The minimum absolute atomic E-state index is 0.101. The van der Waals surface area contributed by atoms with Gasteiger partial charge in [0.1, 0.15) is 17.5 Å². The molecule has 1 fully saturated rings. The molecule has 1 aliphatic rings. The van der Waals surface area contributed by atoms with Crippen LogP contribution in [0.25, 0.3) is 0 Å². The molecule has 0 unspecified atom stereocenters. The first kappa shape index (κ1) is 32.0. The van der Waals surface area contributed by atoms with E-state index in [-0.39, 0.29) is 24.8 Å². The summed E-state index contributed by atoms with van der Waals surface area (Å²) in [5.41, 5.74) is 2.02. The number of likely N-dealkylation sites (tertiary alicyclic amines) is 1. The molecule has 0 bridgehead atoms. The van der Waals surface area contributed by atoms with Gasteiger partial charge in [0, 0.05) is 45.0 Å². The lowest BCUT2D eigenvalue weighted by molar-refractivity contribution is -0.137. The van der Waals surface area contributed by atoms with E-state index >= 15 is 0 Å². The van der Waals surface area contributed by atoms with Crippen molar-refractivity contribution in [1.82, 2.24) is 19.4 Å². The van der Waals surface area contributed by atoms with Crippen LogP contribution >= 0.6 is 0 Å². The molecule has 2 amide bonds. The number of carbonyl (C=O) groups is 3. The lowest BCUT2D eigenvalue weighted by Gasteiger charge is -2.30. The van der Waals surface area contributed by atoms with E-state index in [1.165, 1.54) is 4.57 Å². The van der Waals surface area contributed by atoms with Gasteiger partial charge in [-0.3, -0.25) is 9.47 Å². The number of anilines is 3. The fraction of sp³-hybridized carbons (Fsp3) is 0.324. The van der Waals surface area contributed by atoms with Crippen LogP contribution < -0.4 is 19.9 Å².